The molecule has 0 radical (unpaired) electrons. The summed E-state index contributed by atoms with van der Waals surface area (Å²) in [5, 5.41) is -5.56. The van der Waals surface area contributed by atoms with Gasteiger partial charge in [-0.15, -0.1) is 0 Å². The summed E-state index contributed by atoms with van der Waals surface area (Å²) in [5.74, 6) is -3.27. The quantitative estimate of drug-likeness (QED) is 0.169. The van der Waals surface area contributed by atoms with Crippen molar-refractivity contribution in [1.29, 1.82) is 0 Å². The summed E-state index contributed by atoms with van der Waals surface area (Å²) >= 11 is 0. The second-order valence-corrected chi connectivity index (χ2v) is 9.34. The molecule has 0 aromatic heterocycles. The maximum absolute atomic E-state index is 13.5. The standard InChI is InChI=1S/C14H20F5NO8S2/c1-2-11(21)27-9-7-5-3-4-6-8-10-28-12(22)13(15,16)29(23,24)20-30(25,26)14(17,18)19/h2,20H,1,3-10H2. The van der Waals surface area contributed by atoms with Gasteiger partial charge in [0.2, 0.25) is 0 Å². The zero-order valence-corrected chi connectivity index (χ0v) is 17.0. The van der Waals surface area contributed by atoms with E-state index < -0.39 is 49.4 Å². The second-order valence-electron chi connectivity index (χ2n) is 5.68. The summed E-state index contributed by atoms with van der Waals surface area (Å²) in [6.45, 7) is 2.76. The molecule has 0 heterocycles. The van der Waals surface area contributed by atoms with Crippen molar-refractivity contribution in [1.82, 2.24) is 4.13 Å². The summed E-state index contributed by atoms with van der Waals surface area (Å²) < 4.78 is 116. The molecule has 0 spiro atoms. The summed E-state index contributed by atoms with van der Waals surface area (Å²) in [6.07, 6.45) is 3.95. The van der Waals surface area contributed by atoms with Gasteiger partial charge in [-0.3, -0.25) is 0 Å². The van der Waals surface area contributed by atoms with Gasteiger partial charge in [0.25, 0.3) is 0 Å². The number of hydrogen-bond acceptors (Lipinski definition) is 8. The first kappa shape index (κ1) is 28.2. The second kappa shape index (κ2) is 11.5. The highest BCUT2D eigenvalue weighted by atomic mass is 32.3. The highest BCUT2D eigenvalue weighted by molar-refractivity contribution is 8.05. The number of sulfonamides is 2. The van der Waals surface area contributed by atoms with Crippen molar-refractivity contribution >= 4 is 32.0 Å². The highest BCUT2D eigenvalue weighted by Crippen LogP contribution is 2.28. The number of carbonyl (C=O) groups excluding carboxylic acids is 2. The lowest BCUT2D eigenvalue weighted by atomic mass is 10.1. The molecule has 0 aliphatic carbocycles. The molecule has 0 rings (SSSR count). The largest absolute Gasteiger partial charge is 0.512 e. The third kappa shape index (κ3) is 8.91. The van der Waals surface area contributed by atoms with Crippen LogP contribution in [0.5, 0.6) is 0 Å². The van der Waals surface area contributed by atoms with Crippen LogP contribution in [0.25, 0.3) is 0 Å². The molecule has 16 heteroatoms. The Morgan fingerprint density at radius 1 is 0.800 bits per heavy atom. The molecule has 0 saturated carbocycles. The van der Waals surface area contributed by atoms with Gasteiger partial charge in [-0.1, -0.05) is 36.4 Å². The van der Waals surface area contributed by atoms with Crippen LogP contribution < -0.4 is 4.13 Å². The Bertz CT molecular complexity index is 809. The lowest BCUT2D eigenvalue weighted by Gasteiger charge is -2.17. The van der Waals surface area contributed by atoms with Crippen LogP contribution >= 0.6 is 0 Å². The molecule has 0 aromatic carbocycles. The first-order valence-electron chi connectivity index (χ1n) is 8.27. The number of carbonyl (C=O) groups is 2. The number of nitrogens with one attached hydrogen (secondary N) is 1. The van der Waals surface area contributed by atoms with Crippen molar-refractivity contribution in [3.05, 3.63) is 12.7 Å². The molecule has 0 atom stereocenters. The van der Waals surface area contributed by atoms with Crippen molar-refractivity contribution in [3.63, 3.8) is 0 Å². The van der Waals surface area contributed by atoms with E-state index in [1.807, 2.05) is 0 Å². The van der Waals surface area contributed by atoms with Crippen LogP contribution in [0.3, 0.4) is 0 Å². The topological polar surface area (TPSA) is 133 Å². The van der Waals surface area contributed by atoms with Gasteiger partial charge < -0.3 is 9.47 Å². The Balaban J connectivity index is 4.32. The molecule has 176 valence electrons. The van der Waals surface area contributed by atoms with Crippen LogP contribution in [0.2, 0.25) is 0 Å². The Kier molecular flexibility index (Phi) is 10.8. The minimum Gasteiger partial charge on any atom is -0.463 e. The maximum Gasteiger partial charge on any atom is 0.512 e. The van der Waals surface area contributed by atoms with Gasteiger partial charge in [-0.2, -0.15) is 22.0 Å². The van der Waals surface area contributed by atoms with Gasteiger partial charge in [-0.05, 0) is 12.8 Å². The summed E-state index contributed by atoms with van der Waals surface area (Å²) in [5.41, 5.74) is -6.19. The van der Waals surface area contributed by atoms with Crippen molar-refractivity contribution < 1.29 is 57.9 Å². The fourth-order valence-electron chi connectivity index (χ4n) is 1.75. The number of alkyl halides is 5. The molecule has 0 aliphatic heterocycles. The van der Waals surface area contributed by atoms with E-state index in [9.17, 15) is 48.4 Å². The first-order valence-corrected chi connectivity index (χ1v) is 11.2. The number of hydrogen-bond donors (Lipinski definition) is 1. The molecule has 0 unspecified atom stereocenters. The molecule has 0 bridgehead atoms. The monoisotopic (exact) mass is 489 g/mol. The van der Waals surface area contributed by atoms with Gasteiger partial charge in [0.05, 0.1) is 13.2 Å². The average Bonchev–Trinajstić information content (AvgIpc) is 2.60. The average molecular weight is 489 g/mol. The van der Waals surface area contributed by atoms with Gasteiger partial charge in [0, 0.05) is 6.08 Å². The van der Waals surface area contributed by atoms with Gasteiger partial charge in [0.1, 0.15) is 0 Å². The van der Waals surface area contributed by atoms with E-state index in [-0.39, 0.29) is 17.2 Å². The van der Waals surface area contributed by atoms with E-state index in [0.29, 0.717) is 32.1 Å². The summed E-state index contributed by atoms with van der Waals surface area (Å²) in [7, 11) is -13.3. The Morgan fingerprint density at radius 2 is 1.23 bits per heavy atom. The molecular formula is C14H20F5NO8S2. The number of rotatable bonds is 14. The van der Waals surface area contributed by atoms with Crippen molar-refractivity contribution in [3.8, 4) is 0 Å². The third-order valence-corrected chi connectivity index (χ3v) is 6.49. The van der Waals surface area contributed by atoms with Gasteiger partial charge >= 0.3 is 42.7 Å². The highest BCUT2D eigenvalue weighted by Gasteiger charge is 2.59. The molecule has 0 fully saturated rings. The van der Waals surface area contributed by atoms with E-state index in [1.165, 1.54) is 0 Å². The fraction of sp³-hybridized carbons (Fsp3) is 0.714. The van der Waals surface area contributed by atoms with Crippen LogP contribution in [-0.4, -0.2) is 52.8 Å². The Hall–Kier alpha value is -1.81. The van der Waals surface area contributed by atoms with Crippen LogP contribution in [0.4, 0.5) is 22.0 Å². The molecule has 0 aromatic rings. The maximum atomic E-state index is 13.5. The zero-order chi connectivity index (χ0) is 23.6. The molecular weight excluding hydrogens is 469 g/mol. The van der Waals surface area contributed by atoms with Crippen LogP contribution in [0, 0.1) is 0 Å². The smallest absolute Gasteiger partial charge is 0.463 e. The molecule has 9 nitrogen and oxygen atoms in total. The van der Waals surface area contributed by atoms with Crippen molar-refractivity contribution in [2.45, 2.75) is 49.3 Å². The predicted molar refractivity (Wildman–Crippen MR) is 91.8 cm³/mol. The fourth-order valence-corrected chi connectivity index (χ4v) is 3.98. The Labute approximate surface area is 169 Å². The molecule has 0 aliphatic rings. The number of ether oxygens (including phenoxy) is 2. The lowest BCUT2D eigenvalue weighted by molar-refractivity contribution is -0.161. The first-order chi connectivity index (χ1) is 13.6. The van der Waals surface area contributed by atoms with Crippen molar-refractivity contribution in [2.75, 3.05) is 13.2 Å². The lowest BCUT2D eigenvalue weighted by Crippen LogP contribution is -2.51. The molecule has 1 N–H and O–H groups in total. The van der Waals surface area contributed by atoms with Gasteiger partial charge in [-0.25, -0.2) is 26.4 Å². The van der Waals surface area contributed by atoms with Crippen LogP contribution in [0.15, 0.2) is 12.7 Å². The molecule has 30 heavy (non-hydrogen) atoms. The SMILES string of the molecule is C=CC(=O)OCCCCCCCCOC(=O)C(F)(F)S(=O)(=O)NS(=O)(=O)C(F)(F)F. The normalized spacial score (nSPS) is 13.0. The van der Waals surface area contributed by atoms with E-state index in [2.05, 4.69) is 11.3 Å². The van der Waals surface area contributed by atoms with E-state index in [0.717, 1.165) is 6.08 Å². The summed E-state index contributed by atoms with van der Waals surface area (Å²) in [6, 6.07) is 0. The van der Waals surface area contributed by atoms with E-state index in [1.54, 1.807) is 0 Å². The number of unbranched alkanes of at least 4 members (excludes halogenated alkanes) is 5. The van der Waals surface area contributed by atoms with E-state index >= 15 is 0 Å². The molecule has 0 saturated heterocycles. The van der Waals surface area contributed by atoms with Crippen molar-refractivity contribution in [2.24, 2.45) is 0 Å². The predicted octanol–water partition coefficient (Wildman–Crippen LogP) is 1.96. The van der Waals surface area contributed by atoms with E-state index in [4.69, 9.17) is 4.74 Å². The minimum atomic E-state index is -6.68. The third-order valence-electron chi connectivity index (χ3n) is 3.28. The van der Waals surface area contributed by atoms with Crippen LogP contribution in [0.1, 0.15) is 38.5 Å². The molecule has 0 amide bonds. The van der Waals surface area contributed by atoms with Gasteiger partial charge in [0.15, 0.2) is 0 Å². The number of halogens is 5. The zero-order valence-electron chi connectivity index (χ0n) is 15.4. The van der Waals surface area contributed by atoms with Crippen LogP contribution in [-0.2, 0) is 39.1 Å². The summed E-state index contributed by atoms with van der Waals surface area (Å²) in [4.78, 5) is 22.0. The Morgan fingerprint density at radius 3 is 1.67 bits per heavy atom. The number of esters is 2. The minimum absolute atomic E-state index is 0.0432.